The standard InChI is InChI=1S/C20H23N5O/c1-24-9-11-25(12-10-24)19-7-4-6-17-16(19)13-18(23-17)20(26)22-14-15-5-2-3-8-21-15/h2-8,13,23H,9-12,14H2,1H3,(H,22,26). The van der Waals surface area contributed by atoms with Gasteiger partial charge in [-0.25, -0.2) is 0 Å². The summed E-state index contributed by atoms with van der Waals surface area (Å²) >= 11 is 0. The smallest absolute Gasteiger partial charge is 0.268 e. The van der Waals surface area contributed by atoms with E-state index in [2.05, 4.69) is 38.2 Å². The van der Waals surface area contributed by atoms with Crippen LogP contribution in [-0.2, 0) is 6.54 Å². The number of hydrogen-bond donors (Lipinski definition) is 2. The van der Waals surface area contributed by atoms with Crippen LogP contribution in [0, 0.1) is 0 Å². The fourth-order valence-electron chi connectivity index (χ4n) is 3.35. The highest BCUT2D eigenvalue weighted by atomic mass is 16.1. The molecule has 1 amide bonds. The van der Waals surface area contributed by atoms with Gasteiger partial charge in [0.1, 0.15) is 5.69 Å². The van der Waals surface area contributed by atoms with Crippen LogP contribution in [0.3, 0.4) is 0 Å². The molecule has 0 unspecified atom stereocenters. The Balaban J connectivity index is 1.53. The number of hydrogen-bond acceptors (Lipinski definition) is 4. The molecule has 2 aromatic heterocycles. The molecule has 0 spiro atoms. The average molecular weight is 349 g/mol. The van der Waals surface area contributed by atoms with Crippen molar-refractivity contribution in [3.8, 4) is 0 Å². The zero-order valence-corrected chi connectivity index (χ0v) is 14.9. The largest absolute Gasteiger partial charge is 0.368 e. The third-order valence-corrected chi connectivity index (χ3v) is 4.89. The van der Waals surface area contributed by atoms with Crippen molar-refractivity contribution < 1.29 is 4.79 Å². The summed E-state index contributed by atoms with van der Waals surface area (Å²) in [6.45, 7) is 4.53. The summed E-state index contributed by atoms with van der Waals surface area (Å²) in [5.74, 6) is -0.115. The number of aromatic nitrogens is 2. The van der Waals surface area contributed by atoms with E-state index in [9.17, 15) is 4.79 Å². The summed E-state index contributed by atoms with van der Waals surface area (Å²) < 4.78 is 0. The average Bonchev–Trinajstić information content (AvgIpc) is 3.12. The monoisotopic (exact) mass is 349 g/mol. The number of nitrogens with zero attached hydrogens (tertiary/aromatic N) is 3. The number of amides is 1. The van der Waals surface area contributed by atoms with Crippen LogP contribution in [-0.4, -0.2) is 54.0 Å². The van der Waals surface area contributed by atoms with E-state index in [0.717, 1.165) is 42.8 Å². The third kappa shape index (κ3) is 3.41. The van der Waals surface area contributed by atoms with Crippen LogP contribution < -0.4 is 10.2 Å². The van der Waals surface area contributed by atoms with Crippen LogP contribution in [0.5, 0.6) is 0 Å². The third-order valence-electron chi connectivity index (χ3n) is 4.89. The van der Waals surface area contributed by atoms with E-state index >= 15 is 0 Å². The summed E-state index contributed by atoms with van der Waals surface area (Å²) in [4.78, 5) is 24.7. The van der Waals surface area contributed by atoms with E-state index in [4.69, 9.17) is 0 Å². The molecule has 0 aliphatic carbocycles. The van der Waals surface area contributed by atoms with E-state index in [-0.39, 0.29) is 5.91 Å². The molecule has 6 nitrogen and oxygen atoms in total. The molecule has 0 radical (unpaired) electrons. The van der Waals surface area contributed by atoms with Crippen molar-refractivity contribution >= 4 is 22.5 Å². The zero-order valence-electron chi connectivity index (χ0n) is 14.9. The predicted molar refractivity (Wildman–Crippen MR) is 103 cm³/mol. The highest BCUT2D eigenvalue weighted by molar-refractivity contribution is 6.02. The van der Waals surface area contributed by atoms with Crippen molar-refractivity contribution in [2.24, 2.45) is 0 Å². The molecule has 1 aromatic carbocycles. The van der Waals surface area contributed by atoms with Crippen LogP contribution in [0.25, 0.3) is 10.9 Å². The summed E-state index contributed by atoms with van der Waals surface area (Å²) in [6, 6.07) is 13.8. The number of benzene rings is 1. The number of aromatic amines is 1. The van der Waals surface area contributed by atoms with Crippen LogP contribution in [0.2, 0.25) is 0 Å². The van der Waals surface area contributed by atoms with Crippen LogP contribution >= 0.6 is 0 Å². The van der Waals surface area contributed by atoms with E-state index < -0.39 is 0 Å². The molecular formula is C20H23N5O. The second-order valence-electron chi connectivity index (χ2n) is 6.72. The summed E-state index contributed by atoms with van der Waals surface area (Å²) in [5.41, 5.74) is 3.60. The Hall–Kier alpha value is -2.86. The zero-order chi connectivity index (χ0) is 17.9. The van der Waals surface area contributed by atoms with Gasteiger partial charge in [0.15, 0.2) is 0 Å². The van der Waals surface area contributed by atoms with E-state index in [1.54, 1.807) is 6.20 Å². The summed E-state index contributed by atoms with van der Waals surface area (Å²) in [7, 11) is 2.15. The maximum atomic E-state index is 12.5. The summed E-state index contributed by atoms with van der Waals surface area (Å²) in [5, 5.41) is 4.03. The molecule has 6 heteroatoms. The molecule has 0 saturated carbocycles. The quantitative estimate of drug-likeness (QED) is 0.758. The highest BCUT2D eigenvalue weighted by Gasteiger charge is 2.18. The lowest BCUT2D eigenvalue weighted by Gasteiger charge is -2.34. The Labute approximate surface area is 152 Å². The van der Waals surface area contributed by atoms with Crippen LogP contribution in [0.15, 0.2) is 48.7 Å². The minimum atomic E-state index is -0.115. The molecule has 1 aliphatic heterocycles. The van der Waals surface area contributed by atoms with Gasteiger partial charge < -0.3 is 20.1 Å². The number of carbonyl (C=O) groups excluding carboxylic acids is 1. The molecular weight excluding hydrogens is 326 g/mol. The normalized spacial score (nSPS) is 15.3. The molecule has 4 rings (SSSR count). The number of fused-ring (bicyclic) bond motifs is 1. The first kappa shape index (κ1) is 16.6. The van der Waals surface area contributed by atoms with Gasteiger partial charge in [-0.2, -0.15) is 0 Å². The lowest BCUT2D eigenvalue weighted by Crippen LogP contribution is -2.44. The number of rotatable bonds is 4. The first-order chi connectivity index (χ1) is 12.7. The Bertz CT molecular complexity index is 897. The van der Waals surface area contributed by atoms with Crippen molar-refractivity contribution in [3.05, 3.63) is 60.0 Å². The minimum Gasteiger partial charge on any atom is -0.368 e. The Kier molecular flexibility index (Phi) is 4.58. The van der Waals surface area contributed by atoms with Gasteiger partial charge in [0.2, 0.25) is 0 Å². The van der Waals surface area contributed by atoms with Gasteiger partial charge in [0, 0.05) is 49.0 Å². The first-order valence-corrected chi connectivity index (χ1v) is 8.94. The Morgan fingerprint density at radius 1 is 1.15 bits per heavy atom. The molecule has 134 valence electrons. The van der Waals surface area contributed by atoms with Crippen LogP contribution in [0.4, 0.5) is 5.69 Å². The number of piperazine rings is 1. The molecule has 2 N–H and O–H groups in total. The van der Waals surface area contributed by atoms with E-state index in [1.807, 2.05) is 36.4 Å². The van der Waals surface area contributed by atoms with Crippen LogP contribution in [0.1, 0.15) is 16.2 Å². The molecule has 1 fully saturated rings. The number of likely N-dealkylation sites (N-methyl/N-ethyl adjacent to an activating group) is 1. The van der Waals surface area contributed by atoms with Crippen molar-refractivity contribution in [1.82, 2.24) is 20.2 Å². The minimum absolute atomic E-state index is 0.115. The molecule has 1 aliphatic rings. The number of carbonyl (C=O) groups is 1. The van der Waals surface area contributed by atoms with E-state index in [1.165, 1.54) is 5.69 Å². The Morgan fingerprint density at radius 2 is 2.00 bits per heavy atom. The fraction of sp³-hybridized carbons (Fsp3) is 0.300. The highest BCUT2D eigenvalue weighted by Crippen LogP contribution is 2.28. The maximum absolute atomic E-state index is 12.5. The Morgan fingerprint density at radius 3 is 2.77 bits per heavy atom. The van der Waals surface area contributed by atoms with Gasteiger partial charge >= 0.3 is 0 Å². The van der Waals surface area contributed by atoms with E-state index in [0.29, 0.717) is 12.2 Å². The molecule has 3 aromatic rings. The molecule has 1 saturated heterocycles. The first-order valence-electron chi connectivity index (χ1n) is 8.94. The van der Waals surface area contributed by atoms with Gasteiger partial charge in [-0.3, -0.25) is 9.78 Å². The molecule has 3 heterocycles. The summed E-state index contributed by atoms with van der Waals surface area (Å²) in [6.07, 6.45) is 1.73. The molecule has 0 bridgehead atoms. The topological polar surface area (TPSA) is 64.3 Å². The molecule has 0 atom stereocenters. The van der Waals surface area contributed by atoms with Crippen molar-refractivity contribution in [3.63, 3.8) is 0 Å². The van der Waals surface area contributed by atoms with Gasteiger partial charge in [-0.15, -0.1) is 0 Å². The fourth-order valence-corrected chi connectivity index (χ4v) is 3.35. The van der Waals surface area contributed by atoms with Crippen molar-refractivity contribution in [2.75, 3.05) is 38.1 Å². The van der Waals surface area contributed by atoms with Gasteiger partial charge in [0.25, 0.3) is 5.91 Å². The second kappa shape index (κ2) is 7.17. The van der Waals surface area contributed by atoms with Gasteiger partial charge in [-0.05, 0) is 37.4 Å². The second-order valence-corrected chi connectivity index (χ2v) is 6.72. The SMILES string of the molecule is CN1CCN(c2cccc3[nH]c(C(=O)NCc4ccccn4)cc23)CC1. The number of anilines is 1. The number of nitrogens with one attached hydrogen (secondary N) is 2. The lowest BCUT2D eigenvalue weighted by atomic mass is 10.1. The predicted octanol–water partition coefficient (Wildman–Crippen LogP) is 2.24. The number of pyridine rings is 1. The number of H-pyrrole nitrogens is 1. The maximum Gasteiger partial charge on any atom is 0.268 e. The molecule has 26 heavy (non-hydrogen) atoms. The van der Waals surface area contributed by atoms with Crippen molar-refractivity contribution in [1.29, 1.82) is 0 Å². The van der Waals surface area contributed by atoms with Gasteiger partial charge in [0.05, 0.1) is 12.2 Å². The van der Waals surface area contributed by atoms with Crippen molar-refractivity contribution in [2.45, 2.75) is 6.54 Å². The lowest BCUT2D eigenvalue weighted by molar-refractivity contribution is 0.0946. The van der Waals surface area contributed by atoms with Gasteiger partial charge in [-0.1, -0.05) is 12.1 Å².